The summed E-state index contributed by atoms with van der Waals surface area (Å²) in [6, 6.07) is 50.4. The molecule has 0 aliphatic heterocycles. The average molecular weight is 861 g/mol. The number of hydrogen-bond donors (Lipinski definition) is 0. The van der Waals surface area contributed by atoms with Crippen LogP contribution in [0.3, 0.4) is 0 Å². The molecule has 0 radical (unpaired) electrons. The summed E-state index contributed by atoms with van der Waals surface area (Å²) < 4.78 is 14.7. The lowest BCUT2D eigenvalue weighted by atomic mass is 9.77. The van der Waals surface area contributed by atoms with Gasteiger partial charge in [0.05, 0.1) is 27.5 Å². The van der Waals surface area contributed by atoms with E-state index in [2.05, 4.69) is 59.2 Å². The number of carbonyl (C=O) groups is 2. The highest BCUT2D eigenvalue weighted by molar-refractivity contribution is 6.02. The molecule has 0 atom stereocenters. The largest absolute Gasteiger partial charge is 0.427 e. The molecule has 0 bridgehead atoms. The number of aryl methyl sites for hydroxylation is 1. The Labute approximate surface area is 376 Å². The Bertz CT molecular complexity index is 3030. The first-order valence-electron chi connectivity index (χ1n) is 21.8. The average Bonchev–Trinajstić information content (AvgIpc) is 3.97. The van der Waals surface area contributed by atoms with Gasteiger partial charge >= 0.3 is 11.9 Å². The highest BCUT2D eigenvalue weighted by atomic mass is 16.7. The molecule has 9 aromatic rings. The number of aromatic nitrogens is 8. The van der Waals surface area contributed by atoms with E-state index in [1.165, 1.54) is 0 Å². The van der Waals surface area contributed by atoms with Gasteiger partial charge in [0, 0.05) is 35.7 Å². The molecule has 3 heterocycles. The first-order valence-corrected chi connectivity index (χ1v) is 21.8. The second-order valence-electron chi connectivity index (χ2n) is 17.0. The van der Waals surface area contributed by atoms with E-state index in [0.29, 0.717) is 34.8 Å². The fourth-order valence-corrected chi connectivity index (χ4v) is 8.38. The van der Waals surface area contributed by atoms with Crippen molar-refractivity contribution in [2.24, 2.45) is 5.41 Å². The first kappa shape index (κ1) is 42.4. The lowest BCUT2D eigenvalue weighted by Crippen LogP contribution is -2.39. The Morgan fingerprint density at radius 2 is 1.32 bits per heavy atom. The molecule has 12 heteroatoms. The van der Waals surface area contributed by atoms with Crippen molar-refractivity contribution < 1.29 is 19.1 Å². The van der Waals surface area contributed by atoms with E-state index in [1.54, 1.807) is 32.9 Å². The van der Waals surface area contributed by atoms with Gasteiger partial charge in [-0.15, -0.1) is 5.10 Å². The van der Waals surface area contributed by atoms with E-state index in [1.807, 2.05) is 108 Å². The van der Waals surface area contributed by atoms with Gasteiger partial charge in [-0.25, -0.2) is 24.4 Å². The van der Waals surface area contributed by atoms with Crippen LogP contribution in [0.2, 0.25) is 0 Å². The van der Waals surface area contributed by atoms with Gasteiger partial charge in [0.15, 0.2) is 11.6 Å². The number of ether oxygens (including phenoxy) is 2. The topological polar surface area (TPSA) is 140 Å². The number of rotatable bonds is 14. The van der Waals surface area contributed by atoms with Gasteiger partial charge in [0.1, 0.15) is 11.4 Å². The van der Waals surface area contributed by atoms with Crippen molar-refractivity contribution in [3.63, 3.8) is 0 Å². The van der Waals surface area contributed by atoms with E-state index < -0.39 is 29.7 Å². The monoisotopic (exact) mass is 860 g/mol. The SMILES string of the molecule is CCCCc1nc2cccc(C(=O)OCOC(=O)C(C)(C)C)c2n1Cc1ccc2nc(-c3ccccc3-c3nnnn3C(c3ccccc3)(c3ccccc3)c3ccccc3)ncc2c1. The summed E-state index contributed by atoms with van der Waals surface area (Å²) in [4.78, 5) is 40.9. The van der Waals surface area contributed by atoms with Crippen molar-refractivity contribution in [2.75, 3.05) is 6.79 Å². The van der Waals surface area contributed by atoms with E-state index in [9.17, 15) is 9.59 Å². The van der Waals surface area contributed by atoms with Crippen LogP contribution in [-0.2, 0) is 32.8 Å². The zero-order valence-electron chi connectivity index (χ0n) is 36.8. The van der Waals surface area contributed by atoms with Gasteiger partial charge in [-0.05, 0) is 84.1 Å². The molecular formula is C53H48N8O4. The third kappa shape index (κ3) is 8.26. The molecule has 0 amide bonds. The maximum Gasteiger partial charge on any atom is 0.343 e. The van der Waals surface area contributed by atoms with Crippen LogP contribution in [0.25, 0.3) is 44.7 Å². The van der Waals surface area contributed by atoms with Gasteiger partial charge in [-0.1, -0.05) is 141 Å². The fourth-order valence-electron chi connectivity index (χ4n) is 8.38. The molecule has 3 aromatic heterocycles. The highest BCUT2D eigenvalue weighted by Gasteiger charge is 2.42. The normalized spacial score (nSPS) is 11.8. The molecule has 0 unspecified atom stereocenters. The Balaban J connectivity index is 1.08. The Morgan fingerprint density at radius 3 is 1.97 bits per heavy atom. The number of tetrazole rings is 1. The fraction of sp³-hybridized carbons (Fsp3) is 0.208. The second kappa shape index (κ2) is 18.1. The number of fused-ring (bicyclic) bond motifs is 2. The maximum absolute atomic E-state index is 13.5. The molecular weight excluding hydrogens is 813 g/mol. The molecule has 324 valence electrons. The Kier molecular flexibility index (Phi) is 11.8. The highest BCUT2D eigenvalue weighted by Crippen LogP contribution is 2.43. The summed E-state index contributed by atoms with van der Waals surface area (Å²) in [5, 5.41) is 14.6. The quantitative estimate of drug-likeness (QED) is 0.0590. The zero-order chi connectivity index (χ0) is 45.0. The first-order chi connectivity index (χ1) is 31.7. The minimum Gasteiger partial charge on any atom is -0.427 e. The third-order valence-corrected chi connectivity index (χ3v) is 11.6. The predicted molar refractivity (Wildman–Crippen MR) is 250 cm³/mol. The zero-order valence-corrected chi connectivity index (χ0v) is 36.8. The molecule has 0 saturated heterocycles. The standard InChI is InChI=1S/C53H48N8O4/c1-5-6-29-46-55-45-28-18-27-43(50(62)64-35-65-51(63)52(2,3)4)47(45)60(46)34-36-30-31-44-37(32-36)33-54-48(56-44)41-25-16-17-26-42(41)49-57-58-59-61(49)53(38-19-10-7-11-20-38,39-21-12-8-13-22-39)40-23-14-9-15-24-40/h7-28,30-33H,5-6,29,34-35H2,1-4H3. The number of benzene rings is 6. The van der Waals surface area contributed by atoms with Crippen LogP contribution in [0, 0.1) is 5.41 Å². The summed E-state index contributed by atoms with van der Waals surface area (Å²) in [6.45, 7) is 7.33. The minimum atomic E-state index is -0.935. The van der Waals surface area contributed by atoms with Gasteiger partial charge in [0.25, 0.3) is 0 Å². The number of unbranched alkanes of at least 4 members (excludes halogenated alkanes) is 1. The predicted octanol–water partition coefficient (Wildman–Crippen LogP) is 10.2. The number of carbonyl (C=O) groups excluding carboxylic acids is 2. The van der Waals surface area contributed by atoms with Crippen LogP contribution in [0.4, 0.5) is 0 Å². The van der Waals surface area contributed by atoms with Crippen LogP contribution >= 0.6 is 0 Å². The molecule has 0 fully saturated rings. The van der Waals surface area contributed by atoms with E-state index in [-0.39, 0.29) is 0 Å². The summed E-state index contributed by atoms with van der Waals surface area (Å²) in [5.41, 5.74) is 6.31. The molecule has 12 nitrogen and oxygen atoms in total. The second-order valence-corrected chi connectivity index (χ2v) is 17.0. The van der Waals surface area contributed by atoms with E-state index >= 15 is 0 Å². The van der Waals surface area contributed by atoms with Crippen molar-refractivity contribution in [1.82, 2.24) is 39.7 Å². The van der Waals surface area contributed by atoms with Crippen LogP contribution in [-0.4, -0.2) is 58.5 Å². The van der Waals surface area contributed by atoms with E-state index in [0.717, 1.165) is 69.4 Å². The molecule has 0 spiro atoms. The summed E-state index contributed by atoms with van der Waals surface area (Å²) in [6.07, 6.45) is 4.49. The van der Waals surface area contributed by atoms with Crippen LogP contribution in [0.1, 0.15) is 79.0 Å². The van der Waals surface area contributed by atoms with Crippen LogP contribution < -0.4 is 0 Å². The van der Waals surface area contributed by atoms with Gasteiger partial charge in [0.2, 0.25) is 6.79 Å². The Morgan fingerprint density at radius 1 is 0.677 bits per heavy atom. The van der Waals surface area contributed by atoms with Crippen molar-refractivity contribution in [1.29, 1.82) is 0 Å². The number of esters is 2. The number of para-hydroxylation sites is 1. The van der Waals surface area contributed by atoms with Gasteiger partial charge in [-0.3, -0.25) is 4.79 Å². The molecule has 0 aliphatic rings. The molecule has 0 N–H and O–H groups in total. The number of nitrogens with zero attached hydrogens (tertiary/aromatic N) is 8. The van der Waals surface area contributed by atoms with Crippen molar-refractivity contribution in [3.8, 4) is 22.8 Å². The minimum absolute atomic E-state index is 0.344. The summed E-state index contributed by atoms with van der Waals surface area (Å²) in [5.74, 6) is 0.889. The number of hydrogen-bond acceptors (Lipinski definition) is 10. The smallest absolute Gasteiger partial charge is 0.343 e. The molecule has 0 aliphatic carbocycles. The van der Waals surface area contributed by atoms with Gasteiger partial charge in [-0.2, -0.15) is 0 Å². The van der Waals surface area contributed by atoms with E-state index in [4.69, 9.17) is 34.7 Å². The molecule has 0 saturated carbocycles. The maximum atomic E-state index is 13.5. The van der Waals surface area contributed by atoms with Gasteiger partial charge < -0.3 is 14.0 Å². The number of imidazole rings is 1. The molecule has 65 heavy (non-hydrogen) atoms. The van der Waals surface area contributed by atoms with Crippen molar-refractivity contribution in [2.45, 2.75) is 59.0 Å². The molecule has 9 rings (SSSR count). The molecule has 6 aromatic carbocycles. The van der Waals surface area contributed by atoms with Crippen molar-refractivity contribution >= 4 is 33.9 Å². The van der Waals surface area contributed by atoms with Crippen molar-refractivity contribution in [3.05, 3.63) is 191 Å². The summed E-state index contributed by atoms with van der Waals surface area (Å²) in [7, 11) is 0. The van der Waals surface area contributed by atoms with Crippen LogP contribution in [0.15, 0.2) is 158 Å². The third-order valence-electron chi connectivity index (χ3n) is 11.6. The Hall–Kier alpha value is -7.86. The lowest BCUT2D eigenvalue weighted by Gasteiger charge is -2.36. The lowest BCUT2D eigenvalue weighted by molar-refractivity contribution is -0.161. The van der Waals surface area contributed by atoms with Crippen LogP contribution in [0.5, 0.6) is 0 Å². The summed E-state index contributed by atoms with van der Waals surface area (Å²) >= 11 is 0.